The number of epoxide rings is 1. The molecule has 42 heavy (non-hydrogen) atoms. The van der Waals surface area contributed by atoms with Crippen LogP contribution in [0, 0.1) is 11.8 Å². The molecule has 1 aliphatic heterocycles. The average molecular weight is 579 g/mol. The van der Waals surface area contributed by atoms with E-state index >= 15 is 0 Å². The van der Waals surface area contributed by atoms with E-state index in [1.807, 2.05) is 91.0 Å². The van der Waals surface area contributed by atoms with Crippen molar-refractivity contribution in [2.45, 2.75) is 57.1 Å². The SMILES string of the molecule is C[C@H](C(=O)[C@@H](C)COCc1ccccc1)[C@@H](O)[C@]1([C@](O)(COCc2ccccc2)[C@H](O)COCc2ccccc2)CO1. The Morgan fingerprint density at radius 3 is 1.67 bits per heavy atom. The lowest BCUT2D eigenvalue weighted by Crippen LogP contribution is -2.65. The fourth-order valence-electron chi connectivity index (χ4n) is 5.17. The molecular weight excluding hydrogens is 536 g/mol. The Hall–Kier alpha value is -2.95. The summed E-state index contributed by atoms with van der Waals surface area (Å²) in [5.41, 5.74) is -0.875. The molecule has 1 fully saturated rings. The van der Waals surface area contributed by atoms with Gasteiger partial charge >= 0.3 is 0 Å². The lowest BCUT2D eigenvalue weighted by atomic mass is 9.74. The number of hydrogen-bond acceptors (Lipinski definition) is 8. The van der Waals surface area contributed by atoms with Crippen LogP contribution in [0.3, 0.4) is 0 Å². The zero-order valence-electron chi connectivity index (χ0n) is 24.3. The standard InChI is InChI=1S/C34H42O8/c1-25(18-39-19-27-12-6-3-7-13-27)31(36)26(2)32(37)34(24-42-34)33(38,23-41-21-29-16-10-5-11-17-29)30(35)22-40-20-28-14-8-4-9-15-28/h3-17,25-26,30,32,35,37-38H,18-24H2,1-2H3/t25-,26+,30+,32+,33-,34-/m0/s1. The normalized spacial score (nSPS) is 20.7. The molecule has 8 heteroatoms. The van der Waals surface area contributed by atoms with Gasteiger partial charge < -0.3 is 34.3 Å². The maximum Gasteiger partial charge on any atom is 0.151 e. The number of benzene rings is 3. The molecule has 1 aliphatic rings. The lowest BCUT2D eigenvalue weighted by molar-refractivity contribution is -0.203. The number of rotatable bonds is 18. The third kappa shape index (κ3) is 7.90. The molecule has 226 valence electrons. The number of aliphatic hydroxyl groups excluding tert-OH is 2. The monoisotopic (exact) mass is 578 g/mol. The van der Waals surface area contributed by atoms with Crippen LogP contribution in [-0.2, 0) is 43.6 Å². The summed E-state index contributed by atoms with van der Waals surface area (Å²) in [5, 5.41) is 34.7. The Kier molecular flexibility index (Phi) is 11.4. The second-order valence-corrected chi connectivity index (χ2v) is 11.1. The van der Waals surface area contributed by atoms with E-state index in [2.05, 4.69) is 0 Å². The van der Waals surface area contributed by atoms with Crippen molar-refractivity contribution in [3.8, 4) is 0 Å². The van der Waals surface area contributed by atoms with Crippen LogP contribution in [-0.4, -0.2) is 70.9 Å². The van der Waals surface area contributed by atoms with Crippen LogP contribution >= 0.6 is 0 Å². The number of carbonyl (C=O) groups excluding carboxylic acids is 1. The van der Waals surface area contributed by atoms with Gasteiger partial charge in [-0.3, -0.25) is 4.79 Å². The molecule has 1 heterocycles. The third-order valence-corrected chi connectivity index (χ3v) is 7.93. The molecule has 8 nitrogen and oxygen atoms in total. The fourth-order valence-corrected chi connectivity index (χ4v) is 5.17. The molecule has 0 bridgehead atoms. The molecule has 4 rings (SSSR count). The molecule has 0 radical (unpaired) electrons. The zero-order chi connectivity index (χ0) is 30.0. The average Bonchev–Trinajstić information content (AvgIpc) is 3.84. The van der Waals surface area contributed by atoms with Gasteiger partial charge in [-0.15, -0.1) is 0 Å². The number of carbonyl (C=O) groups is 1. The van der Waals surface area contributed by atoms with Crippen molar-refractivity contribution in [2.24, 2.45) is 11.8 Å². The largest absolute Gasteiger partial charge is 0.389 e. The Bertz CT molecular complexity index is 1220. The number of Topliss-reactive ketones (excluding diaryl/α,β-unsaturated/α-hetero) is 1. The Labute approximate surface area is 247 Å². The van der Waals surface area contributed by atoms with Gasteiger partial charge in [0.2, 0.25) is 0 Å². The Morgan fingerprint density at radius 1 is 0.786 bits per heavy atom. The second kappa shape index (κ2) is 15.0. The number of ketones is 1. The van der Waals surface area contributed by atoms with E-state index in [1.165, 1.54) is 0 Å². The van der Waals surface area contributed by atoms with Crippen LogP contribution in [0.15, 0.2) is 91.0 Å². The van der Waals surface area contributed by atoms with Crippen LogP contribution in [0.4, 0.5) is 0 Å². The van der Waals surface area contributed by atoms with Crippen LogP contribution in [0.2, 0.25) is 0 Å². The zero-order valence-corrected chi connectivity index (χ0v) is 24.3. The third-order valence-electron chi connectivity index (χ3n) is 7.93. The van der Waals surface area contributed by atoms with Gasteiger partial charge in [0, 0.05) is 11.8 Å². The van der Waals surface area contributed by atoms with Gasteiger partial charge in [0.25, 0.3) is 0 Å². The topological polar surface area (TPSA) is 118 Å². The minimum Gasteiger partial charge on any atom is -0.389 e. The van der Waals surface area contributed by atoms with Gasteiger partial charge in [-0.1, -0.05) is 105 Å². The summed E-state index contributed by atoms with van der Waals surface area (Å²) in [5.74, 6) is -1.63. The lowest BCUT2D eigenvalue weighted by Gasteiger charge is -2.41. The van der Waals surface area contributed by atoms with Crippen molar-refractivity contribution in [2.75, 3.05) is 26.4 Å². The van der Waals surface area contributed by atoms with E-state index in [4.69, 9.17) is 18.9 Å². The van der Waals surface area contributed by atoms with E-state index < -0.39 is 35.2 Å². The first-order valence-corrected chi connectivity index (χ1v) is 14.4. The summed E-state index contributed by atoms with van der Waals surface area (Å²) < 4.78 is 23.1. The van der Waals surface area contributed by atoms with Gasteiger partial charge in [-0.05, 0) is 16.7 Å². The van der Waals surface area contributed by atoms with E-state index in [0.29, 0.717) is 6.61 Å². The van der Waals surface area contributed by atoms with E-state index in [-0.39, 0.29) is 45.4 Å². The number of hydrogen-bond donors (Lipinski definition) is 3. The van der Waals surface area contributed by atoms with E-state index in [1.54, 1.807) is 13.8 Å². The minimum atomic E-state index is -2.06. The fraction of sp³-hybridized carbons (Fsp3) is 0.441. The molecule has 1 saturated heterocycles. The van der Waals surface area contributed by atoms with Crippen molar-refractivity contribution >= 4 is 5.78 Å². The maximum absolute atomic E-state index is 13.3. The van der Waals surface area contributed by atoms with Crippen molar-refractivity contribution in [3.63, 3.8) is 0 Å². The highest BCUT2D eigenvalue weighted by atomic mass is 16.6. The molecule has 6 atom stereocenters. The van der Waals surface area contributed by atoms with Crippen LogP contribution in [0.1, 0.15) is 30.5 Å². The van der Waals surface area contributed by atoms with E-state index in [9.17, 15) is 20.1 Å². The number of ether oxygens (including phenoxy) is 4. The predicted octanol–water partition coefficient (Wildman–Crippen LogP) is 3.70. The van der Waals surface area contributed by atoms with Gasteiger partial charge in [0.1, 0.15) is 17.5 Å². The summed E-state index contributed by atoms with van der Waals surface area (Å²) >= 11 is 0. The highest BCUT2D eigenvalue weighted by Gasteiger charge is 2.69. The Balaban J connectivity index is 1.42. The first kappa shape index (κ1) is 32.0. The first-order valence-electron chi connectivity index (χ1n) is 14.4. The molecule has 0 amide bonds. The van der Waals surface area contributed by atoms with Crippen molar-refractivity contribution in [3.05, 3.63) is 108 Å². The highest BCUT2D eigenvalue weighted by Crippen LogP contribution is 2.46. The molecule has 0 unspecified atom stereocenters. The summed E-state index contributed by atoms with van der Waals surface area (Å²) in [7, 11) is 0. The van der Waals surface area contributed by atoms with Crippen molar-refractivity contribution < 1.29 is 39.1 Å². The van der Waals surface area contributed by atoms with Crippen LogP contribution in [0.5, 0.6) is 0 Å². The molecule has 0 saturated carbocycles. The van der Waals surface area contributed by atoms with E-state index in [0.717, 1.165) is 16.7 Å². The summed E-state index contributed by atoms with van der Waals surface area (Å²) in [6, 6.07) is 28.6. The number of aliphatic hydroxyl groups is 3. The molecule has 0 aliphatic carbocycles. The summed E-state index contributed by atoms with van der Waals surface area (Å²) in [6.45, 7) is 3.68. The highest BCUT2D eigenvalue weighted by molar-refractivity contribution is 5.83. The summed E-state index contributed by atoms with van der Waals surface area (Å²) in [4.78, 5) is 13.3. The molecule has 0 spiro atoms. The quantitative estimate of drug-likeness (QED) is 0.196. The molecule has 3 N–H and O–H groups in total. The first-order chi connectivity index (χ1) is 20.3. The van der Waals surface area contributed by atoms with Gasteiger partial charge in [-0.25, -0.2) is 0 Å². The predicted molar refractivity (Wildman–Crippen MR) is 157 cm³/mol. The maximum atomic E-state index is 13.3. The smallest absolute Gasteiger partial charge is 0.151 e. The summed E-state index contributed by atoms with van der Waals surface area (Å²) in [6.07, 6.45) is -2.88. The molecule has 3 aromatic rings. The van der Waals surface area contributed by atoms with Crippen LogP contribution < -0.4 is 0 Å². The van der Waals surface area contributed by atoms with Gasteiger partial charge in [0.15, 0.2) is 5.60 Å². The Morgan fingerprint density at radius 2 is 1.21 bits per heavy atom. The van der Waals surface area contributed by atoms with Gasteiger partial charge in [-0.2, -0.15) is 0 Å². The van der Waals surface area contributed by atoms with Crippen molar-refractivity contribution in [1.82, 2.24) is 0 Å². The second-order valence-electron chi connectivity index (χ2n) is 11.1. The van der Waals surface area contributed by atoms with Crippen molar-refractivity contribution in [1.29, 1.82) is 0 Å². The minimum absolute atomic E-state index is 0.0500. The molecular formula is C34H42O8. The molecule has 0 aromatic heterocycles. The van der Waals surface area contributed by atoms with Gasteiger partial charge in [0.05, 0.1) is 52.4 Å². The van der Waals surface area contributed by atoms with Crippen LogP contribution in [0.25, 0.3) is 0 Å². The molecule has 3 aromatic carbocycles.